The maximum Gasteiger partial charge on any atom is 0.225 e. The van der Waals surface area contributed by atoms with E-state index in [1.165, 1.54) is 0 Å². The van der Waals surface area contributed by atoms with E-state index < -0.39 is 0 Å². The van der Waals surface area contributed by atoms with Gasteiger partial charge in [-0.05, 0) is 25.0 Å². The van der Waals surface area contributed by atoms with E-state index in [-0.39, 0.29) is 0 Å². The Balaban J connectivity index is 1.45. The first-order valence-electron chi connectivity index (χ1n) is 7.80. The van der Waals surface area contributed by atoms with Gasteiger partial charge in [0.15, 0.2) is 0 Å². The van der Waals surface area contributed by atoms with E-state index in [2.05, 4.69) is 14.9 Å². The van der Waals surface area contributed by atoms with Gasteiger partial charge in [-0.25, -0.2) is 9.97 Å². The molecule has 2 aromatic heterocycles. The Kier molecular flexibility index (Phi) is 3.29. The van der Waals surface area contributed by atoms with E-state index in [9.17, 15) is 4.79 Å². The van der Waals surface area contributed by atoms with Crippen molar-refractivity contribution in [2.75, 3.05) is 31.1 Å². The molecular formula is C16H19N5O. The molecule has 1 aliphatic carbocycles. The van der Waals surface area contributed by atoms with Crippen LogP contribution in [-0.2, 0) is 4.79 Å². The first kappa shape index (κ1) is 13.3. The lowest BCUT2D eigenvalue weighted by Crippen LogP contribution is -2.49. The van der Waals surface area contributed by atoms with Crippen LogP contribution in [-0.4, -0.2) is 51.5 Å². The highest BCUT2D eigenvalue weighted by atomic mass is 16.2. The summed E-state index contributed by atoms with van der Waals surface area (Å²) in [4.78, 5) is 25.0. The largest absolute Gasteiger partial charge is 0.353 e. The van der Waals surface area contributed by atoms with E-state index in [4.69, 9.17) is 0 Å². The van der Waals surface area contributed by atoms with Gasteiger partial charge >= 0.3 is 0 Å². The molecule has 0 N–H and O–H groups in total. The minimum absolute atomic E-state index is 0.311. The summed E-state index contributed by atoms with van der Waals surface area (Å²) >= 11 is 0. The van der Waals surface area contributed by atoms with Crippen molar-refractivity contribution < 1.29 is 4.79 Å². The lowest BCUT2D eigenvalue weighted by molar-refractivity contribution is -0.132. The molecule has 6 nitrogen and oxygen atoms in total. The summed E-state index contributed by atoms with van der Waals surface area (Å²) in [6.07, 6.45) is 7.69. The number of rotatable bonds is 3. The molecule has 2 aliphatic rings. The van der Waals surface area contributed by atoms with Gasteiger partial charge in [0.1, 0.15) is 18.0 Å². The van der Waals surface area contributed by atoms with Crippen molar-refractivity contribution in [3.05, 3.63) is 36.9 Å². The van der Waals surface area contributed by atoms with Gasteiger partial charge in [-0.3, -0.25) is 4.79 Å². The Labute approximate surface area is 129 Å². The number of carbonyl (C=O) groups is 1. The van der Waals surface area contributed by atoms with Crippen LogP contribution in [0.4, 0.5) is 5.82 Å². The molecule has 2 aromatic rings. The van der Waals surface area contributed by atoms with Gasteiger partial charge in [-0.1, -0.05) is 0 Å². The molecule has 0 aromatic carbocycles. The number of nitrogens with zero attached hydrogens (tertiary/aromatic N) is 5. The average Bonchev–Trinajstić information content (AvgIpc) is 3.28. The minimum Gasteiger partial charge on any atom is -0.353 e. The van der Waals surface area contributed by atoms with Crippen LogP contribution in [0.15, 0.2) is 36.9 Å². The quantitative estimate of drug-likeness (QED) is 0.857. The smallest absolute Gasteiger partial charge is 0.225 e. The highest BCUT2D eigenvalue weighted by molar-refractivity contribution is 5.81. The topological polar surface area (TPSA) is 54.3 Å². The fraction of sp³-hybridized carbons (Fsp3) is 0.438. The van der Waals surface area contributed by atoms with E-state index in [1.54, 1.807) is 6.33 Å². The fourth-order valence-electron chi connectivity index (χ4n) is 2.88. The molecule has 0 unspecified atom stereocenters. The molecule has 2 fully saturated rings. The predicted molar refractivity (Wildman–Crippen MR) is 82.9 cm³/mol. The second kappa shape index (κ2) is 5.44. The lowest BCUT2D eigenvalue weighted by Gasteiger charge is -2.35. The summed E-state index contributed by atoms with van der Waals surface area (Å²) in [6, 6.07) is 5.95. The third-order valence-electron chi connectivity index (χ3n) is 4.35. The van der Waals surface area contributed by atoms with Crippen molar-refractivity contribution in [2.24, 2.45) is 5.92 Å². The van der Waals surface area contributed by atoms with Crippen molar-refractivity contribution in [1.29, 1.82) is 0 Å². The van der Waals surface area contributed by atoms with E-state index in [0.717, 1.165) is 50.7 Å². The lowest BCUT2D eigenvalue weighted by atomic mass is 10.2. The molecule has 1 aliphatic heterocycles. The standard InChI is InChI=1S/C16H19N5O/c22-16(13-3-4-13)21-9-7-20(8-10-21)15-11-14(17-12-18-15)19-5-1-2-6-19/h1-2,5-6,11-13H,3-4,7-10H2. The molecular weight excluding hydrogens is 278 g/mol. The molecule has 114 valence electrons. The summed E-state index contributed by atoms with van der Waals surface area (Å²) in [5.74, 6) is 2.45. The second-order valence-corrected chi connectivity index (χ2v) is 5.91. The van der Waals surface area contributed by atoms with E-state index in [1.807, 2.05) is 40.1 Å². The third-order valence-corrected chi connectivity index (χ3v) is 4.35. The van der Waals surface area contributed by atoms with Gasteiger partial charge in [-0.15, -0.1) is 0 Å². The Hall–Kier alpha value is -2.37. The first-order chi connectivity index (χ1) is 10.8. The number of hydrogen-bond donors (Lipinski definition) is 0. The molecule has 0 bridgehead atoms. The summed E-state index contributed by atoms with van der Waals surface area (Å²) in [5.41, 5.74) is 0. The monoisotopic (exact) mass is 297 g/mol. The Morgan fingerprint density at radius 1 is 1.00 bits per heavy atom. The third kappa shape index (κ3) is 2.56. The number of anilines is 1. The maximum absolute atomic E-state index is 12.1. The average molecular weight is 297 g/mol. The highest BCUT2D eigenvalue weighted by Crippen LogP contribution is 2.31. The van der Waals surface area contributed by atoms with Crippen LogP contribution in [0, 0.1) is 5.92 Å². The van der Waals surface area contributed by atoms with E-state index in [0.29, 0.717) is 11.8 Å². The molecule has 3 heterocycles. The van der Waals surface area contributed by atoms with Crippen LogP contribution in [0.3, 0.4) is 0 Å². The molecule has 0 spiro atoms. The van der Waals surface area contributed by atoms with Crippen LogP contribution in [0.25, 0.3) is 5.82 Å². The van der Waals surface area contributed by atoms with Crippen LogP contribution in [0.5, 0.6) is 0 Å². The number of piperazine rings is 1. The van der Waals surface area contributed by atoms with Gasteiger partial charge in [0.25, 0.3) is 0 Å². The van der Waals surface area contributed by atoms with Crippen molar-refractivity contribution in [1.82, 2.24) is 19.4 Å². The molecule has 1 amide bonds. The van der Waals surface area contributed by atoms with Crippen LogP contribution in [0.1, 0.15) is 12.8 Å². The zero-order valence-corrected chi connectivity index (χ0v) is 12.4. The molecule has 4 rings (SSSR count). The molecule has 22 heavy (non-hydrogen) atoms. The van der Waals surface area contributed by atoms with Crippen LogP contribution >= 0.6 is 0 Å². The Morgan fingerprint density at radius 2 is 1.68 bits per heavy atom. The minimum atomic E-state index is 0.311. The number of hydrogen-bond acceptors (Lipinski definition) is 4. The van der Waals surface area contributed by atoms with E-state index >= 15 is 0 Å². The van der Waals surface area contributed by atoms with Gasteiger partial charge < -0.3 is 14.4 Å². The second-order valence-electron chi connectivity index (χ2n) is 5.91. The van der Waals surface area contributed by atoms with Crippen molar-refractivity contribution in [2.45, 2.75) is 12.8 Å². The number of aromatic nitrogens is 3. The van der Waals surface area contributed by atoms with Crippen molar-refractivity contribution in [3.8, 4) is 5.82 Å². The first-order valence-corrected chi connectivity index (χ1v) is 7.80. The predicted octanol–water partition coefficient (Wildman–Crippen LogP) is 1.33. The molecule has 1 saturated heterocycles. The molecule has 0 atom stereocenters. The van der Waals surface area contributed by atoms with Crippen molar-refractivity contribution >= 4 is 11.7 Å². The van der Waals surface area contributed by atoms with Gasteiger partial charge in [-0.2, -0.15) is 0 Å². The van der Waals surface area contributed by atoms with Crippen LogP contribution < -0.4 is 4.90 Å². The maximum atomic E-state index is 12.1. The normalized spacial score (nSPS) is 18.5. The Morgan fingerprint density at radius 3 is 2.36 bits per heavy atom. The number of carbonyl (C=O) groups excluding carboxylic acids is 1. The SMILES string of the molecule is O=C(C1CC1)N1CCN(c2cc(-n3cccc3)ncn2)CC1. The highest BCUT2D eigenvalue weighted by Gasteiger charge is 2.34. The zero-order chi connectivity index (χ0) is 14.9. The molecule has 1 saturated carbocycles. The fourth-order valence-corrected chi connectivity index (χ4v) is 2.88. The van der Waals surface area contributed by atoms with Gasteiger partial charge in [0.05, 0.1) is 0 Å². The Bertz CT molecular complexity index is 657. The summed E-state index contributed by atoms with van der Waals surface area (Å²) < 4.78 is 1.97. The number of amides is 1. The van der Waals surface area contributed by atoms with Gasteiger partial charge in [0.2, 0.25) is 5.91 Å². The summed E-state index contributed by atoms with van der Waals surface area (Å²) in [6.45, 7) is 3.25. The van der Waals surface area contributed by atoms with Crippen molar-refractivity contribution in [3.63, 3.8) is 0 Å². The van der Waals surface area contributed by atoms with Crippen LogP contribution in [0.2, 0.25) is 0 Å². The van der Waals surface area contributed by atoms with Gasteiger partial charge in [0, 0.05) is 50.6 Å². The molecule has 0 radical (unpaired) electrons. The summed E-state index contributed by atoms with van der Waals surface area (Å²) in [5, 5.41) is 0. The zero-order valence-electron chi connectivity index (χ0n) is 12.4. The molecule has 6 heteroatoms. The summed E-state index contributed by atoms with van der Waals surface area (Å²) in [7, 11) is 0.